The van der Waals surface area contributed by atoms with Gasteiger partial charge in [0.15, 0.2) is 12.3 Å². The van der Waals surface area contributed by atoms with Crippen molar-refractivity contribution in [2.75, 3.05) is 10.9 Å². The number of carbonyl (C=O) groups excluding carboxylic acids is 1. The second kappa shape index (κ2) is 8.80. The summed E-state index contributed by atoms with van der Waals surface area (Å²) in [7, 11) is 0. The molecular formula is C18H22N4O5. The second-order valence-electron chi connectivity index (χ2n) is 6.06. The first kappa shape index (κ1) is 19.1. The van der Waals surface area contributed by atoms with Gasteiger partial charge in [0.25, 0.3) is 5.91 Å². The van der Waals surface area contributed by atoms with Crippen LogP contribution < -0.4 is 21.7 Å². The Balaban J connectivity index is 1.60. The summed E-state index contributed by atoms with van der Waals surface area (Å²) in [4.78, 5) is 12.4. The van der Waals surface area contributed by atoms with E-state index in [-0.39, 0.29) is 0 Å². The van der Waals surface area contributed by atoms with Crippen LogP contribution in [0.1, 0.15) is 0 Å². The SMILES string of the molecule is O=C(NNc1ccccc1)[C@H]1O[C@@H](NNc2ccccc2)[C@@H](O)[C@@H](O)[C@@H]1O. The van der Waals surface area contributed by atoms with Crippen LogP contribution in [0.25, 0.3) is 0 Å². The number of carbonyl (C=O) groups is 1. The average Bonchev–Trinajstić information content (AvgIpc) is 2.71. The van der Waals surface area contributed by atoms with E-state index < -0.39 is 36.6 Å². The van der Waals surface area contributed by atoms with E-state index in [1.54, 1.807) is 36.4 Å². The first-order valence-electron chi connectivity index (χ1n) is 8.43. The van der Waals surface area contributed by atoms with Crippen molar-refractivity contribution in [1.29, 1.82) is 0 Å². The van der Waals surface area contributed by atoms with Crippen LogP contribution in [-0.4, -0.2) is 51.9 Å². The number of hydrogen-bond donors (Lipinski definition) is 7. The molecule has 1 amide bonds. The van der Waals surface area contributed by atoms with Crippen molar-refractivity contribution in [1.82, 2.24) is 10.9 Å². The van der Waals surface area contributed by atoms with Crippen LogP contribution >= 0.6 is 0 Å². The molecule has 5 atom stereocenters. The Morgan fingerprint density at radius 2 is 1.33 bits per heavy atom. The third-order valence-electron chi connectivity index (χ3n) is 4.11. The summed E-state index contributed by atoms with van der Waals surface area (Å²) >= 11 is 0. The second-order valence-corrected chi connectivity index (χ2v) is 6.06. The Hall–Kier alpha value is -2.69. The number of amides is 1. The molecule has 7 N–H and O–H groups in total. The zero-order chi connectivity index (χ0) is 19.2. The summed E-state index contributed by atoms with van der Waals surface area (Å²) < 4.78 is 5.47. The van der Waals surface area contributed by atoms with Gasteiger partial charge in [0.2, 0.25) is 0 Å². The van der Waals surface area contributed by atoms with Gasteiger partial charge in [-0.2, -0.15) is 0 Å². The van der Waals surface area contributed by atoms with E-state index in [1.165, 1.54) is 0 Å². The molecule has 9 heteroatoms. The maximum Gasteiger partial charge on any atom is 0.270 e. The number of ether oxygens (including phenoxy) is 1. The van der Waals surface area contributed by atoms with Crippen LogP contribution in [0.4, 0.5) is 11.4 Å². The summed E-state index contributed by atoms with van der Waals surface area (Å²) in [5, 5.41) is 30.3. The maximum absolute atomic E-state index is 12.4. The molecule has 2 aromatic carbocycles. The van der Waals surface area contributed by atoms with Crippen molar-refractivity contribution < 1.29 is 24.9 Å². The zero-order valence-corrected chi connectivity index (χ0v) is 14.3. The Kier molecular flexibility index (Phi) is 6.22. The fraction of sp³-hybridized carbons (Fsp3) is 0.278. The number of hydrazine groups is 2. The number of nitrogens with one attached hydrogen (secondary N) is 4. The standard InChI is InChI=1S/C18H22N4O5/c23-13-14(24)16(17(26)21-19-11-7-3-1-4-8-11)27-18(15(13)25)22-20-12-9-5-2-6-10-12/h1-10,13-16,18-20,22-25H,(H,21,26)/t13-,14-,15-,16-,18+/m0/s1. The van der Waals surface area contributed by atoms with Gasteiger partial charge >= 0.3 is 0 Å². The largest absolute Gasteiger partial charge is 0.387 e. The number of benzene rings is 2. The fourth-order valence-electron chi connectivity index (χ4n) is 2.62. The van der Waals surface area contributed by atoms with E-state index in [0.717, 1.165) is 0 Å². The van der Waals surface area contributed by atoms with Crippen molar-refractivity contribution in [2.24, 2.45) is 0 Å². The minimum atomic E-state index is -1.59. The van der Waals surface area contributed by atoms with Gasteiger partial charge in [-0.05, 0) is 24.3 Å². The van der Waals surface area contributed by atoms with Gasteiger partial charge in [-0.15, -0.1) is 0 Å². The van der Waals surface area contributed by atoms with Gasteiger partial charge in [-0.3, -0.25) is 15.6 Å². The molecule has 144 valence electrons. The average molecular weight is 374 g/mol. The van der Waals surface area contributed by atoms with Gasteiger partial charge in [-0.25, -0.2) is 5.43 Å². The molecule has 1 fully saturated rings. The molecule has 0 unspecified atom stereocenters. The van der Waals surface area contributed by atoms with E-state index in [1.807, 2.05) is 24.3 Å². The topological polar surface area (TPSA) is 135 Å². The van der Waals surface area contributed by atoms with Crippen LogP contribution in [0.2, 0.25) is 0 Å². The van der Waals surface area contributed by atoms with E-state index >= 15 is 0 Å². The molecule has 2 aromatic rings. The first-order valence-corrected chi connectivity index (χ1v) is 8.43. The van der Waals surface area contributed by atoms with Gasteiger partial charge in [0.1, 0.15) is 18.3 Å². The van der Waals surface area contributed by atoms with E-state index in [4.69, 9.17) is 4.74 Å². The van der Waals surface area contributed by atoms with Gasteiger partial charge in [0, 0.05) is 5.69 Å². The quantitative estimate of drug-likeness (QED) is 0.338. The number of rotatable bonds is 6. The van der Waals surface area contributed by atoms with Crippen LogP contribution in [0.15, 0.2) is 60.7 Å². The maximum atomic E-state index is 12.4. The molecule has 27 heavy (non-hydrogen) atoms. The molecule has 0 aliphatic carbocycles. The summed E-state index contributed by atoms with van der Waals surface area (Å²) in [6, 6.07) is 17.9. The predicted molar refractivity (Wildman–Crippen MR) is 98.1 cm³/mol. The highest BCUT2D eigenvalue weighted by atomic mass is 16.6. The Morgan fingerprint density at radius 3 is 1.93 bits per heavy atom. The Labute approximate surface area is 155 Å². The molecule has 1 heterocycles. The van der Waals surface area contributed by atoms with E-state index in [0.29, 0.717) is 11.4 Å². The fourth-order valence-corrected chi connectivity index (χ4v) is 2.62. The van der Waals surface area contributed by atoms with Crippen molar-refractivity contribution in [2.45, 2.75) is 30.6 Å². The highest BCUT2D eigenvalue weighted by Gasteiger charge is 2.46. The van der Waals surface area contributed by atoms with E-state index in [9.17, 15) is 20.1 Å². The van der Waals surface area contributed by atoms with Gasteiger partial charge in [0.05, 0.1) is 5.69 Å². The molecule has 9 nitrogen and oxygen atoms in total. The normalized spacial score (nSPS) is 27.6. The Morgan fingerprint density at radius 1 is 0.778 bits per heavy atom. The molecule has 0 aromatic heterocycles. The number of anilines is 2. The number of aliphatic hydroxyl groups is 3. The van der Waals surface area contributed by atoms with E-state index in [2.05, 4.69) is 21.7 Å². The molecule has 1 saturated heterocycles. The third kappa shape index (κ3) is 4.73. The monoisotopic (exact) mass is 374 g/mol. The summed E-state index contributed by atoms with van der Waals surface area (Å²) in [5.41, 5.74) is 12.0. The van der Waals surface area contributed by atoms with Gasteiger partial charge in [-0.1, -0.05) is 36.4 Å². The molecule has 3 rings (SSSR count). The molecular weight excluding hydrogens is 352 g/mol. The van der Waals surface area contributed by atoms with Crippen LogP contribution in [-0.2, 0) is 9.53 Å². The number of aliphatic hydroxyl groups excluding tert-OH is 3. The minimum absolute atomic E-state index is 0.636. The van der Waals surface area contributed by atoms with Crippen LogP contribution in [0.5, 0.6) is 0 Å². The van der Waals surface area contributed by atoms with Crippen molar-refractivity contribution >= 4 is 17.3 Å². The van der Waals surface area contributed by atoms with Gasteiger partial charge < -0.3 is 25.5 Å². The molecule has 0 bridgehead atoms. The van der Waals surface area contributed by atoms with Crippen LogP contribution in [0, 0.1) is 0 Å². The lowest BCUT2D eigenvalue weighted by molar-refractivity contribution is -0.225. The first-order chi connectivity index (χ1) is 13.1. The lowest BCUT2D eigenvalue weighted by Gasteiger charge is -2.40. The zero-order valence-electron chi connectivity index (χ0n) is 14.3. The number of para-hydroxylation sites is 2. The van der Waals surface area contributed by atoms with Crippen molar-refractivity contribution in [3.8, 4) is 0 Å². The van der Waals surface area contributed by atoms with Crippen molar-refractivity contribution in [3.05, 3.63) is 60.7 Å². The van der Waals surface area contributed by atoms with Crippen LogP contribution in [0.3, 0.4) is 0 Å². The Bertz CT molecular complexity index is 733. The predicted octanol–water partition coefficient (Wildman–Crippen LogP) is -0.446. The minimum Gasteiger partial charge on any atom is -0.387 e. The molecule has 0 radical (unpaired) electrons. The lowest BCUT2D eigenvalue weighted by atomic mass is 9.98. The summed E-state index contributed by atoms with van der Waals surface area (Å²) in [6.45, 7) is 0. The molecule has 0 saturated carbocycles. The smallest absolute Gasteiger partial charge is 0.270 e. The third-order valence-corrected chi connectivity index (χ3v) is 4.11. The molecule has 0 spiro atoms. The highest BCUT2D eigenvalue weighted by Crippen LogP contribution is 2.20. The van der Waals surface area contributed by atoms with Crippen molar-refractivity contribution in [3.63, 3.8) is 0 Å². The lowest BCUT2D eigenvalue weighted by Crippen LogP contribution is -2.65. The molecule has 1 aliphatic heterocycles. The summed E-state index contributed by atoms with van der Waals surface area (Å²) in [6.07, 6.45) is -7.12. The highest BCUT2D eigenvalue weighted by molar-refractivity contribution is 5.82. The molecule has 1 aliphatic rings. The number of hydrogen-bond acceptors (Lipinski definition) is 8. The summed E-state index contributed by atoms with van der Waals surface area (Å²) in [5.74, 6) is -0.691.